The van der Waals surface area contributed by atoms with Gasteiger partial charge < -0.3 is 20.3 Å². The van der Waals surface area contributed by atoms with Gasteiger partial charge in [-0.25, -0.2) is 4.99 Å². The minimum Gasteiger partial charge on any atom is -0.378 e. The number of nitrogens with one attached hydrogen (secondary N) is 2. The van der Waals surface area contributed by atoms with Crippen LogP contribution in [0.1, 0.15) is 64.2 Å². The molecule has 0 spiro atoms. The maximum atomic E-state index is 11.8. The number of hydrogen-bond donors (Lipinski definition) is 2. The number of amides is 1. The van der Waals surface area contributed by atoms with Gasteiger partial charge in [-0.05, 0) is 32.1 Å². The quantitative estimate of drug-likeness (QED) is 0.400. The smallest absolute Gasteiger partial charge is 0.243 e. The van der Waals surface area contributed by atoms with Gasteiger partial charge in [0.25, 0.3) is 0 Å². The lowest BCUT2D eigenvalue weighted by Gasteiger charge is -2.22. The molecule has 2 N–H and O–H groups in total. The molecule has 0 bridgehead atoms. The number of likely N-dealkylation sites (N-methyl/N-ethyl adjacent to an activating group) is 1. The van der Waals surface area contributed by atoms with Crippen molar-refractivity contribution in [3.63, 3.8) is 0 Å². The van der Waals surface area contributed by atoms with E-state index in [2.05, 4.69) is 15.6 Å². The van der Waals surface area contributed by atoms with E-state index in [4.69, 9.17) is 4.74 Å². The molecule has 2 aliphatic rings. The van der Waals surface area contributed by atoms with Crippen LogP contribution in [0.4, 0.5) is 0 Å². The third-order valence-electron chi connectivity index (χ3n) is 5.09. The first-order valence-electron chi connectivity index (χ1n) is 10.0. The second-order valence-electron chi connectivity index (χ2n) is 7.49. The predicted octanol–water partition coefficient (Wildman–Crippen LogP) is 2.29. The van der Waals surface area contributed by atoms with Gasteiger partial charge in [0.1, 0.15) is 6.54 Å². The summed E-state index contributed by atoms with van der Waals surface area (Å²) in [7, 11) is 3.52. The molecular weight excluding hydrogens is 316 g/mol. The molecule has 0 aromatic heterocycles. The fraction of sp³-hybridized carbons (Fsp3) is 0.895. The fourth-order valence-electron chi connectivity index (χ4n) is 3.46. The molecule has 144 valence electrons. The second-order valence-corrected chi connectivity index (χ2v) is 7.49. The van der Waals surface area contributed by atoms with Crippen LogP contribution in [0.3, 0.4) is 0 Å². The van der Waals surface area contributed by atoms with Gasteiger partial charge in [-0.15, -0.1) is 0 Å². The normalized spacial score (nSPS) is 19.8. The summed E-state index contributed by atoms with van der Waals surface area (Å²) in [4.78, 5) is 17.8. The Labute approximate surface area is 152 Å². The van der Waals surface area contributed by atoms with Crippen molar-refractivity contribution in [1.29, 1.82) is 0 Å². The summed E-state index contributed by atoms with van der Waals surface area (Å²) in [5, 5.41) is 6.84. The summed E-state index contributed by atoms with van der Waals surface area (Å²) in [5.41, 5.74) is 0. The van der Waals surface area contributed by atoms with E-state index in [1.165, 1.54) is 57.8 Å². The molecule has 2 rings (SSSR count). The molecule has 2 fully saturated rings. The van der Waals surface area contributed by atoms with E-state index >= 15 is 0 Å². The first kappa shape index (κ1) is 20.0. The topological polar surface area (TPSA) is 66.0 Å². The maximum absolute atomic E-state index is 11.8. The van der Waals surface area contributed by atoms with Gasteiger partial charge in [0.15, 0.2) is 5.96 Å². The zero-order valence-corrected chi connectivity index (χ0v) is 16.1. The summed E-state index contributed by atoms with van der Waals surface area (Å²) >= 11 is 0. The molecule has 6 heteroatoms. The van der Waals surface area contributed by atoms with Crippen molar-refractivity contribution in [2.75, 3.05) is 33.8 Å². The fourth-order valence-corrected chi connectivity index (χ4v) is 3.46. The molecule has 0 heterocycles. The summed E-state index contributed by atoms with van der Waals surface area (Å²) < 4.78 is 5.97. The maximum Gasteiger partial charge on any atom is 0.243 e. The van der Waals surface area contributed by atoms with Crippen molar-refractivity contribution in [3.05, 3.63) is 0 Å². The highest BCUT2D eigenvalue weighted by molar-refractivity contribution is 5.84. The molecule has 0 aromatic carbocycles. The highest BCUT2D eigenvalue weighted by Gasteiger charge is 2.17. The Morgan fingerprint density at radius 3 is 2.44 bits per heavy atom. The number of hydrogen-bond acceptors (Lipinski definition) is 3. The summed E-state index contributed by atoms with van der Waals surface area (Å²) in [6.07, 6.45) is 12.8. The van der Waals surface area contributed by atoms with Crippen molar-refractivity contribution in [2.24, 2.45) is 4.99 Å². The van der Waals surface area contributed by atoms with Crippen LogP contribution < -0.4 is 10.6 Å². The Kier molecular flexibility index (Phi) is 9.08. The molecular formula is C19H36N4O2. The molecule has 0 aromatic rings. The minimum absolute atomic E-state index is 0.0214. The van der Waals surface area contributed by atoms with Crippen LogP contribution in [0, 0.1) is 0 Å². The molecule has 0 unspecified atom stereocenters. The zero-order valence-electron chi connectivity index (χ0n) is 16.1. The Morgan fingerprint density at radius 1 is 1.08 bits per heavy atom. The van der Waals surface area contributed by atoms with Gasteiger partial charge >= 0.3 is 0 Å². The van der Waals surface area contributed by atoms with Crippen LogP contribution in [0.5, 0.6) is 0 Å². The lowest BCUT2D eigenvalue weighted by molar-refractivity contribution is -0.127. The Balaban J connectivity index is 1.68. The van der Waals surface area contributed by atoms with Gasteiger partial charge in [0, 0.05) is 33.3 Å². The average Bonchev–Trinajstić information content (AvgIpc) is 3.12. The van der Waals surface area contributed by atoms with E-state index in [-0.39, 0.29) is 12.5 Å². The third-order valence-corrected chi connectivity index (χ3v) is 5.09. The van der Waals surface area contributed by atoms with Crippen LogP contribution in [-0.4, -0.2) is 62.7 Å². The van der Waals surface area contributed by atoms with Crippen molar-refractivity contribution in [3.8, 4) is 0 Å². The lowest BCUT2D eigenvalue weighted by Crippen LogP contribution is -2.43. The molecule has 2 aliphatic carbocycles. The molecule has 6 nitrogen and oxygen atoms in total. The number of aliphatic imine (C=N–C) groups is 1. The van der Waals surface area contributed by atoms with Crippen LogP contribution in [0.2, 0.25) is 0 Å². The highest BCUT2D eigenvalue weighted by Crippen LogP contribution is 2.20. The number of guanidine groups is 1. The lowest BCUT2D eigenvalue weighted by atomic mass is 9.98. The molecule has 2 saturated carbocycles. The van der Waals surface area contributed by atoms with Crippen LogP contribution in [-0.2, 0) is 9.53 Å². The van der Waals surface area contributed by atoms with Crippen molar-refractivity contribution < 1.29 is 9.53 Å². The van der Waals surface area contributed by atoms with Gasteiger partial charge in [-0.2, -0.15) is 0 Å². The van der Waals surface area contributed by atoms with E-state index in [0.29, 0.717) is 12.1 Å². The van der Waals surface area contributed by atoms with Crippen molar-refractivity contribution >= 4 is 11.9 Å². The second kappa shape index (κ2) is 11.3. The Morgan fingerprint density at radius 2 is 1.76 bits per heavy atom. The van der Waals surface area contributed by atoms with E-state index in [0.717, 1.165) is 25.5 Å². The summed E-state index contributed by atoms with van der Waals surface area (Å²) in [5.74, 6) is 0.785. The van der Waals surface area contributed by atoms with Gasteiger partial charge in [0.2, 0.25) is 5.91 Å². The molecule has 0 saturated heterocycles. The number of carbonyl (C=O) groups excluding carboxylic acids is 1. The summed E-state index contributed by atoms with van der Waals surface area (Å²) in [6, 6.07) is 0.485. The highest BCUT2D eigenvalue weighted by atomic mass is 16.5. The molecule has 25 heavy (non-hydrogen) atoms. The van der Waals surface area contributed by atoms with E-state index < -0.39 is 0 Å². The van der Waals surface area contributed by atoms with E-state index in [1.807, 2.05) is 0 Å². The minimum atomic E-state index is 0.0214. The third kappa shape index (κ3) is 8.08. The van der Waals surface area contributed by atoms with Crippen molar-refractivity contribution in [1.82, 2.24) is 15.5 Å². The van der Waals surface area contributed by atoms with E-state index in [1.54, 1.807) is 19.0 Å². The van der Waals surface area contributed by atoms with Crippen LogP contribution in [0.25, 0.3) is 0 Å². The molecule has 0 aliphatic heterocycles. The molecule has 1 amide bonds. The molecule has 0 atom stereocenters. The standard InChI is InChI=1S/C19H36N4O2/c1-23(2)18(24)15-21-19(22-16-9-6-7-10-16)20-13-8-14-25-17-11-4-3-5-12-17/h16-17H,3-15H2,1-2H3,(H2,20,21,22). The summed E-state index contributed by atoms with van der Waals surface area (Å²) in [6.45, 7) is 1.81. The van der Waals surface area contributed by atoms with Gasteiger partial charge in [-0.3, -0.25) is 4.79 Å². The predicted molar refractivity (Wildman–Crippen MR) is 102 cm³/mol. The number of nitrogens with zero attached hydrogens (tertiary/aromatic N) is 2. The largest absolute Gasteiger partial charge is 0.378 e. The van der Waals surface area contributed by atoms with Gasteiger partial charge in [-0.1, -0.05) is 32.1 Å². The Bertz CT molecular complexity index is 414. The van der Waals surface area contributed by atoms with Gasteiger partial charge in [0.05, 0.1) is 6.10 Å². The van der Waals surface area contributed by atoms with Crippen molar-refractivity contribution in [2.45, 2.75) is 76.4 Å². The number of rotatable bonds is 8. The average molecular weight is 353 g/mol. The zero-order chi connectivity index (χ0) is 17.9. The number of ether oxygens (including phenoxy) is 1. The first-order chi connectivity index (χ1) is 12.1. The number of carbonyl (C=O) groups is 1. The van der Waals surface area contributed by atoms with Crippen LogP contribution in [0.15, 0.2) is 4.99 Å². The first-order valence-corrected chi connectivity index (χ1v) is 10.0. The monoisotopic (exact) mass is 352 g/mol. The van der Waals surface area contributed by atoms with E-state index in [9.17, 15) is 4.79 Å². The Hall–Kier alpha value is -1.30. The van der Waals surface area contributed by atoms with Crippen LogP contribution >= 0.6 is 0 Å². The molecule has 0 radical (unpaired) electrons. The SMILES string of the molecule is CN(C)C(=O)CN=C(NCCCOC1CCCCC1)NC1CCCC1.